The van der Waals surface area contributed by atoms with Gasteiger partial charge in [0.05, 0.1) is 13.2 Å². The van der Waals surface area contributed by atoms with Gasteiger partial charge in [-0.15, -0.1) is 0 Å². The second-order valence-corrected chi connectivity index (χ2v) is 11.9. The van der Waals surface area contributed by atoms with Crippen molar-refractivity contribution in [3.05, 3.63) is 150 Å². The van der Waals surface area contributed by atoms with Crippen molar-refractivity contribution in [3.63, 3.8) is 0 Å². The minimum atomic E-state index is -3.43. The van der Waals surface area contributed by atoms with Gasteiger partial charge in [0, 0.05) is 21.5 Å². The molecule has 5 aromatic rings. The number of rotatable bonds is 13. The van der Waals surface area contributed by atoms with Crippen molar-refractivity contribution in [1.29, 1.82) is 0 Å². The molecular formula is C37H33BrF2O4. The number of benzene rings is 5. The van der Waals surface area contributed by atoms with Gasteiger partial charge in [0.15, 0.2) is 0 Å². The van der Waals surface area contributed by atoms with E-state index in [1.807, 2.05) is 115 Å². The lowest BCUT2D eigenvalue weighted by atomic mass is 9.78. The summed E-state index contributed by atoms with van der Waals surface area (Å²) in [6.45, 7) is 5.00. The second kappa shape index (κ2) is 14.1. The highest BCUT2D eigenvalue weighted by Crippen LogP contribution is 2.37. The van der Waals surface area contributed by atoms with E-state index in [4.69, 9.17) is 14.2 Å². The summed E-state index contributed by atoms with van der Waals surface area (Å²) >= 11 is 2.23. The zero-order chi connectivity index (χ0) is 31.0. The molecule has 0 saturated carbocycles. The third kappa shape index (κ3) is 8.91. The smallest absolute Gasteiger partial charge is 0.457 e. The van der Waals surface area contributed by atoms with Crippen molar-refractivity contribution >= 4 is 15.9 Å². The largest absolute Gasteiger partial charge is 0.459 e. The first-order valence-corrected chi connectivity index (χ1v) is 15.0. The van der Waals surface area contributed by atoms with Gasteiger partial charge in [-0.1, -0.05) is 86.6 Å². The van der Waals surface area contributed by atoms with Gasteiger partial charge in [-0.2, -0.15) is 8.78 Å². The van der Waals surface area contributed by atoms with Crippen molar-refractivity contribution in [2.24, 2.45) is 0 Å². The highest BCUT2D eigenvalue weighted by Gasteiger charge is 2.28. The number of alkyl halides is 3. The molecule has 5 rings (SSSR count). The molecular weight excluding hydrogens is 626 g/mol. The maximum absolute atomic E-state index is 13.3. The molecule has 0 aromatic heterocycles. The van der Waals surface area contributed by atoms with Crippen LogP contribution in [0.3, 0.4) is 0 Å². The van der Waals surface area contributed by atoms with Crippen LogP contribution in [0, 0.1) is 0 Å². The van der Waals surface area contributed by atoms with E-state index in [9.17, 15) is 8.78 Å². The third-order valence-corrected chi connectivity index (χ3v) is 7.25. The van der Waals surface area contributed by atoms with Crippen LogP contribution in [-0.4, -0.2) is 5.02 Å². The van der Waals surface area contributed by atoms with Gasteiger partial charge >= 0.3 is 5.02 Å². The first kappa shape index (κ1) is 31.2. The molecule has 0 aliphatic rings. The number of hydrogen-bond acceptors (Lipinski definition) is 4. The lowest BCUT2D eigenvalue weighted by molar-refractivity contribution is -0.0803. The normalized spacial score (nSPS) is 11.7. The van der Waals surface area contributed by atoms with Crippen molar-refractivity contribution < 1.29 is 27.7 Å². The van der Waals surface area contributed by atoms with Crippen molar-refractivity contribution in [1.82, 2.24) is 0 Å². The van der Waals surface area contributed by atoms with E-state index in [0.717, 1.165) is 45.3 Å². The fraction of sp³-hybridized carbons (Fsp3) is 0.189. The highest BCUT2D eigenvalue weighted by molar-refractivity contribution is 9.09. The molecule has 4 nitrogen and oxygen atoms in total. The Morgan fingerprint density at radius 3 is 1.89 bits per heavy atom. The molecule has 0 aliphatic heterocycles. The van der Waals surface area contributed by atoms with Crippen molar-refractivity contribution in [2.45, 2.75) is 43.9 Å². The third-order valence-electron chi connectivity index (χ3n) is 7.09. The summed E-state index contributed by atoms with van der Waals surface area (Å²) in [5.41, 5.74) is 3.60. The quantitative estimate of drug-likeness (QED) is 0.118. The molecule has 0 aliphatic carbocycles. The number of hydrogen-bond donors (Lipinski definition) is 0. The van der Waals surface area contributed by atoms with E-state index in [1.54, 1.807) is 12.1 Å². The maximum Gasteiger partial charge on any atom is 0.459 e. The molecule has 44 heavy (non-hydrogen) atoms. The molecule has 226 valence electrons. The Morgan fingerprint density at radius 2 is 1.23 bits per heavy atom. The predicted octanol–water partition coefficient (Wildman–Crippen LogP) is 10.8. The highest BCUT2D eigenvalue weighted by atomic mass is 79.9. The average Bonchev–Trinajstić information content (AvgIpc) is 2.99. The van der Waals surface area contributed by atoms with Gasteiger partial charge in [-0.05, 0) is 83.1 Å². The van der Waals surface area contributed by atoms with Crippen LogP contribution in [-0.2, 0) is 29.8 Å². The van der Waals surface area contributed by atoms with Crippen LogP contribution in [0.4, 0.5) is 8.78 Å². The minimum absolute atomic E-state index is 0.0755. The Balaban J connectivity index is 1.35. The number of ether oxygens (including phenoxy) is 4. The standard InChI is InChI=1S/C37H33BrF2O4/c1-36(2,29-19-21-32(22-20-29)44-37(38,39)40)24-34-28(12-10-18-35(34)43-31-15-7-4-8-16-31)26-41-25-27-11-9-17-33(23-27)42-30-13-5-3-6-14-30/h3-23H,24-26H2,1-2H3. The molecule has 0 atom stereocenters. The Bertz CT molecular complexity index is 1640. The topological polar surface area (TPSA) is 36.9 Å². The first-order chi connectivity index (χ1) is 21.1. The fourth-order valence-electron chi connectivity index (χ4n) is 4.91. The van der Waals surface area contributed by atoms with Crippen molar-refractivity contribution in [2.75, 3.05) is 0 Å². The molecule has 7 heteroatoms. The molecule has 0 N–H and O–H groups in total. The Morgan fingerprint density at radius 1 is 0.614 bits per heavy atom. The SMILES string of the molecule is CC(C)(Cc1c(COCc2cccc(Oc3ccccc3)c2)cccc1Oc1ccccc1)c1ccc(OC(F)(F)Br)cc1. The minimum Gasteiger partial charge on any atom is -0.457 e. The van der Waals surface area contributed by atoms with Crippen LogP contribution in [0.5, 0.6) is 28.7 Å². The van der Waals surface area contributed by atoms with Gasteiger partial charge in [0.1, 0.15) is 28.7 Å². The Hall–Kier alpha value is -4.20. The Labute approximate surface area is 265 Å². The van der Waals surface area contributed by atoms with E-state index in [1.165, 1.54) is 0 Å². The molecule has 0 unspecified atom stereocenters. The summed E-state index contributed by atoms with van der Waals surface area (Å²) in [7, 11) is 0. The molecule has 0 saturated heterocycles. The van der Waals surface area contributed by atoms with Crippen molar-refractivity contribution in [3.8, 4) is 28.7 Å². The summed E-state index contributed by atoms with van der Waals surface area (Å²) < 4.78 is 49.8. The van der Waals surface area contributed by atoms with E-state index in [2.05, 4.69) is 34.5 Å². The summed E-state index contributed by atoms with van der Waals surface area (Å²) in [6, 6.07) is 39.9. The first-order valence-electron chi connectivity index (χ1n) is 14.2. The monoisotopic (exact) mass is 658 g/mol. The van der Waals surface area contributed by atoms with Crippen LogP contribution in [0.15, 0.2) is 127 Å². The molecule has 0 heterocycles. The summed E-state index contributed by atoms with van der Waals surface area (Å²) in [5, 5.41) is -3.43. The van der Waals surface area contributed by atoms with Crippen LogP contribution in [0.1, 0.15) is 36.1 Å². The lowest BCUT2D eigenvalue weighted by Gasteiger charge is -2.28. The van der Waals surface area contributed by atoms with Crippen LogP contribution < -0.4 is 14.2 Å². The van der Waals surface area contributed by atoms with Gasteiger partial charge < -0.3 is 18.9 Å². The zero-order valence-electron chi connectivity index (χ0n) is 24.5. The van der Waals surface area contributed by atoms with Gasteiger partial charge in [-0.25, -0.2) is 0 Å². The van der Waals surface area contributed by atoms with Gasteiger partial charge in [-0.3, -0.25) is 0 Å². The predicted molar refractivity (Wildman–Crippen MR) is 172 cm³/mol. The second-order valence-electron chi connectivity index (χ2n) is 11.0. The average molecular weight is 660 g/mol. The summed E-state index contributed by atoms with van der Waals surface area (Å²) in [5.74, 6) is 3.07. The van der Waals surface area contributed by atoms with E-state index < -0.39 is 5.02 Å². The maximum atomic E-state index is 13.3. The van der Waals surface area contributed by atoms with Gasteiger partial charge in [0.2, 0.25) is 0 Å². The fourth-order valence-corrected chi connectivity index (χ4v) is 5.10. The lowest BCUT2D eigenvalue weighted by Crippen LogP contribution is -2.22. The van der Waals surface area contributed by atoms with E-state index >= 15 is 0 Å². The molecule has 0 bridgehead atoms. The van der Waals surface area contributed by atoms with Crippen LogP contribution in [0.2, 0.25) is 0 Å². The molecule has 0 fully saturated rings. The van der Waals surface area contributed by atoms with Gasteiger partial charge in [0.25, 0.3) is 0 Å². The molecule has 5 aromatic carbocycles. The van der Waals surface area contributed by atoms with E-state index in [-0.39, 0.29) is 11.2 Å². The summed E-state index contributed by atoms with van der Waals surface area (Å²) in [4.78, 5) is 0. The van der Waals surface area contributed by atoms with Crippen LogP contribution >= 0.6 is 15.9 Å². The van der Waals surface area contributed by atoms with Crippen LogP contribution in [0.25, 0.3) is 0 Å². The van der Waals surface area contributed by atoms with E-state index in [0.29, 0.717) is 19.6 Å². The number of para-hydroxylation sites is 2. The zero-order valence-corrected chi connectivity index (χ0v) is 26.1. The molecule has 0 radical (unpaired) electrons. The molecule has 0 spiro atoms. The summed E-state index contributed by atoms with van der Waals surface area (Å²) in [6.07, 6.45) is 0.615. The Kier molecular flexibility index (Phi) is 9.98. The molecule has 0 amide bonds. The number of halogens is 3.